The summed E-state index contributed by atoms with van der Waals surface area (Å²) in [5.41, 5.74) is -0.0931. The van der Waals surface area contributed by atoms with E-state index in [1.807, 2.05) is 0 Å². The molecule has 0 radical (unpaired) electrons. The zero-order chi connectivity index (χ0) is 16.3. The molecule has 22 heavy (non-hydrogen) atoms. The molecule has 0 spiro atoms. The number of nitrogens with zero attached hydrogens (tertiary/aromatic N) is 2. The molecule has 1 amide bonds. The van der Waals surface area contributed by atoms with E-state index in [1.165, 1.54) is 36.4 Å². The lowest BCUT2D eigenvalue weighted by Crippen LogP contribution is -2.12. The van der Waals surface area contributed by atoms with Crippen molar-refractivity contribution in [2.45, 2.75) is 0 Å². The van der Waals surface area contributed by atoms with E-state index in [0.29, 0.717) is 0 Å². The number of nitro groups is 2. The van der Waals surface area contributed by atoms with Crippen molar-refractivity contribution in [3.63, 3.8) is 0 Å². The minimum absolute atomic E-state index is 0.0432. The van der Waals surface area contributed by atoms with Gasteiger partial charge in [0.1, 0.15) is 5.02 Å². The molecule has 0 aliphatic carbocycles. The average Bonchev–Trinajstić information content (AvgIpc) is 2.49. The Balaban J connectivity index is 2.20. The van der Waals surface area contributed by atoms with Gasteiger partial charge in [0.05, 0.1) is 9.85 Å². The van der Waals surface area contributed by atoms with E-state index >= 15 is 0 Å². The van der Waals surface area contributed by atoms with E-state index in [9.17, 15) is 25.0 Å². The first kappa shape index (κ1) is 15.4. The summed E-state index contributed by atoms with van der Waals surface area (Å²) in [6, 6.07) is 8.81. The van der Waals surface area contributed by atoms with Crippen LogP contribution in [0.15, 0.2) is 42.5 Å². The number of nitro benzene ring substituents is 2. The number of rotatable bonds is 4. The van der Waals surface area contributed by atoms with Gasteiger partial charge in [0.25, 0.3) is 17.3 Å². The van der Waals surface area contributed by atoms with Crippen LogP contribution in [-0.2, 0) is 0 Å². The van der Waals surface area contributed by atoms with Crippen molar-refractivity contribution < 1.29 is 14.6 Å². The smallest absolute Gasteiger partial charge is 0.289 e. The number of non-ortho nitro benzene ring substituents is 1. The van der Waals surface area contributed by atoms with Crippen molar-refractivity contribution >= 4 is 34.6 Å². The van der Waals surface area contributed by atoms with Crippen molar-refractivity contribution in [3.05, 3.63) is 73.3 Å². The Labute approximate surface area is 128 Å². The molecular formula is C13H8ClN3O5. The number of nitrogens with one attached hydrogen (secondary N) is 1. The number of halogens is 1. The Kier molecular flexibility index (Phi) is 4.33. The second-order valence-corrected chi connectivity index (χ2v) is 4.59. The molecule has 0 aliphatic rings. The second-order valence-electron chi connectivity index (χ2n) is 4.18. The van der Waals surface area contributed by atoms with Gasteiger partial charge >= 0.3 is 0 Å². The highest BCUT2D eigenvalue weighted by Gasteiger charge is 2.15. The molecule has 9 heteroatoms. The minimum Gasteiger partial charge on any atom is -0.322 e. The summed E-state index contributed by atoms with van der Waals surface area (Å²) >= 11 is 5.67. The van der Waals surface area contributed by atoms with Gasteiger partial charge in [-0.2, -0.15) is 0 Å². The van der Waals surface area contributed by atoms with Gasteiger partial charge in [0.2, 0.25) is 0 Å². The SMILES string of the molecule is O=C(Nc1ccc(Cl)c([N+](=O)[O-])c1)c1ccc([N+](=O)[O-])cc1. The van der Waals surface area contributed by atoms with Crippen LogP contribution in [0.1, 0.15) is 10.4 Å². The van der Waals surface area contributed by atoms with Gasteiger partial charge in [-0.25, -0.2) is 0 Å². The summed E-state index contributed by atoms with van der Waals surface area (Å²) in [5, 5.41) is 23.7. The van der Waals surface area contributed by atoms with Gasteiger partial charge in [0.15, 0.2) is 0 Å². The number of carbonyl (C=O) groups is 1. The van der Waals surface area contributed by atoms with Gasteiger partial charge in [0, 0.05) is 29.4 Å². The van der Waals surface area contributed by atoms with E-state index in [2.05, 4.69) is 5.32 Å². The fraction of sp³-hybridized carbons (Fsp3) is 0. The standard InChI is InChI=1S/C13H8ClN3O5/c14-11-6-3-9(7-12(11)17(21)22)15-13(18)8-1-4-10(5-2-8)16(19)20/h1-7H,(H,15,18). The summed E-state index contributed by atoms with van der Waals surface area (Å²) < 4.78 is 0. The molecule has 0 bridgehead atoms. The van der Waals surface area contributed by atoms with Crippen LogP contribution < -0.4 is 5.32 Å². The first-order valence-electron chi connectivity index (χ1n) is 5.88. The van der Waals surface area contributed by atoms with E-state index in [-0.39, 0.29) is 27.6 Å². The topological polar surface area (TPSA) is 115 Å². The van der Waals surface area contributed by atoms with Crippen molar-refractivity contribution in [2.75, 3.05) is 5.32 Å². The van der Waals surface area contributed by atoms with Crippen LogP contribution in [0.25, 0.3) is 0 Å². The van der Waals surface area contributed by atoms with E-state index < -0.39 is 15.8 Å². The van der Waals surface area contributed by atoms with Gasteiger partial charge < -0.3 is 5.32 Å². The molecule has 2 aromatic carbocycles. The van der Waals surface area contributed by atoms with Gasteiger partial charge in [-0.3, -0.25) is 25.0 Å². The Bertz CT molecular complexity index is 761. The van der Waals surface area contributed by atoms with Crippen LogP contribution in [0.4, 0.5) is 17.1 Å². The normalized spacial score (nSPS) is 10.0. The number of anilines is 1. The molecule has 2 rings (SSSR count). The molecule has 0 aliphatic heterocycles. The number of hydrogen-bond acceptors (Lipinski definition) is 5. The Morgan fingerprint density at radius 2 is 1.64 bits per heavy atom. The molecule has 0 unspecified atom stereocenters. The molecule has 2 aromatic rings. The van der Waals surface area contributed by atoms with Crippen molar-refractivity contribution in [1.29, 1.82) is 0 Å². The first-order valence-corrected chi connectivity index (χ1v) is 6.26. The van der Waals surface area contributed by atoms with Crippen LogP contribution in [0.3, 0.4) is 0 Å². The number of hydrogen-bond donors (Lipinski definition) is 1. The quantitative estimate of drug-likeness (QED) is 0.684. The van der Waals surface area contributed by atoms with Crippen LogP contribution in [-0.4, -0.2) is 15.8 Å². The van der Waals surface area contributed by atoms with Crippen LogP contribution >= 0.6 is 11.6 Å². The Morgan fingerprint density at radius 1 is 1.00 bits per heavy atom. The zero-order valence-electron chi connectivity index (χ0n) is 10.9. The molecule has 0 heterocycles. The maximum atomic E-state index is 12.0. The van der Waals surface area contributed by atoms with Gasteiger partial charge in [-0.1, -0.05) is 11.6 Å². The average molecular weight is 322 g/mol. The summed E-state index contributed by atoms with van der Waals surface area (Å²) in [5.74, 6) is -0.550. The monoisotopic (exact) mass is 321 g/mol. The summed E-state index contributed by atoms with van der Waals surface area (Å²) in [6.45, 7) is 0. The van der Waals surface area contributed by atoms with Crippen LogP contribution in [0, 0.1) is 20.2 Å². The summed E-state index contributed by atoms with van der Waals surface area (Å²) in [6.07, 6.45) is 0. The fourth-order valence-corrected chi connectivity index (χ4v) is 1.85. The van der Waals surface area contributed by atoms with Crippen molar-refractivity contribution in [3.8, 4) is 0 Å². The number of benzene rings is 2. The van der Waals surface area contributed by atoms with E-state index in [1.54, 1.807) is 0 Å². The highest BCUT2D eigenvalue weighted by Crippen LogP contribution is 2.27. The van der Waals surface area contributed by atoms with Gasteiger partial charge in [-0.05, 0) is 24.3 Å². The number of carbonyl (C=O) groups excluding carboxylic acids is 1. The number of amides is 1. The van der Waals surface area contributed by atoms with Crippen LogP contribution in [0.5, 0.6) is 0 Å². The lowest BCUT2D eigenvalue weighted by atomic mass is 10.2. The van der Waals surface area contributed by atoms with E-state index in [0.717, 1.165) is 6.07 Å². The van der Waals surface area contributed by atoms with Gasteiger partial charge in [-0.15, -0.1) is 0 Å². The highest BCUT2D eigenvalue weighted by atomic mass is 35.5. The Hall–Kier alpha value is -3.00. The lowest BCUT2D eigenvalue weighted by molar-refractivity contribution is -0.384. The molecule has 0 fully saturated rings. The molecule has 0 saturated carbocycles. The lowest BCUT2D eigenvalue weighted by Gasteiger charge is -2.05. The molecule has 0 saturated heterocycles. The maximum Gasteiger partial charge on any atom is 0.289 e. The second kappa shape index (κ2) is 6.19. The predicted octanol–water partition coefficient (Wildman–Crippen LogP) is 3.41. The largest absolute Gasteiger partial charge is 0.322 e. The molecule has 1 N–H and O–H groups in total. The summed E-state index contributed by atoms with van der Waals surface area (Å²) in [7, 11) is 0. The van der Waals surface area contributed by atoms with Crippen molar-refractivity contribution in [1.82, 2.24) is 0 Å². The zero-order valence-corrected chi connectivity index (χ0v) is 11.6. The predicted molar refractivity (Wildman–Crippen MR) is 79.2 cm³/mol. The van der Waals surface area contributed by atoms with Crippen LogP contribution in [0.2, 0.25) is 5.02 Å². The third-order valence-electron chi connectivity index (χ3n) is 2.74. The molecular weight excluding hydrogens is 314 g/mol. The first-order chi connectivity index (χ1) is 10.4. The molecule has 0 aromatic heterocycles. The highest BCUT2D eigenvalue weighted by molar-refractivity contribution is 6.32. The molecule has 0 atom stereocenters. The van der Waals surface area contributed by atoms with Crippen molar-refractivity contribution in [2.24, 2.45) is 0 Å². The fourth-order valence-electron chi connectivity index (χ4n) is 1.67. The van der Waals surface area contributed by atoms with E-state index in [4.69, 9.17) is 11.6 Å². The molecule has 8 nitrogen and oxygen atoms in total. The third-order valence-corrected chi connectivity index (χ3v) is 3.06. The molecule has 112 valence electrons. The summed E-state index contributed by atoms with van der Waals surface area (Å²) in [4.78, 5) is 32.0. The third kappa shape index (κ3) is 3.36. The maximum absolute atomic E-state index is 12.0. The minimum atomic E-state index is -0.663. The Morgan fingerprint density at radius 3 is 2.18 bits per heavy atom.